The SMILES string of the molecule is CC(=O)N(CCC(=O)N(Cc1ccccc1)C(C)C)c1c(C)cc(C)cc1C. The molecule has 0 saturated carbocycles. The second-order valence-electron chi connectivity index (χ2n) is 7.77. The summed E-state index contributed by atoms with van der Waals surface area (Å²) in [6.45, 7) is 12.7. The Morgan fingerprint density at radius 2 is 1.54 bits per heavy atom. The number of anilines is 1. The summed E-state index contributed by atoms with van der Waals surface area (Å²) in [7, 11) is 0. The van der Waals surface area contributed by atoms with E-state index in [1.165, 1.54) is 5.56 Å². The van der Waals surface area contributed by atoms with Gasteiger partial charge in [-0.15, -0.1) is 0 Å². The smallest absolute Gasteiger partial charge is 0.224 e. The van der Waals surface area contributed by atoms with Gasteiger partial charge in [0.2, 0.25) is 11.8 Å². The predicted molar refractivity (Wildman–Crippen MR) is 115 cm³/mol. The lowest BCUT2D eigenvalue weighted by molar-refractivity contribution is -0.133. The highest BCUT2D eigenvalue weighted by Gasteiger charge is 2.21. The van der Waals surface area contributed by atoms with E-state index in [0.29, 0.717) is 19.5 Å². The maximum Gasteiger partial charge on any atom is 0.224 e. The summed E-state index contributed by atoms with van der Waals surface area (Å²) in [4.78, 5) is 28.9. The van der Waals surface area contributed by atoms with E-state index < -0.39 is 0 Å². The number of carbonyl (C=O) groups is 2. The van der Waals surface area contributed by atoms with Crippen molar-refractivity contribution in [3.63, 3.8) is 0 Å². The van der Waals surface area contributed by atoms with Crippen molar-refractivity contribution < 1.29 is 9.59 Å². The van der Waals surface area contributed by atoms with Crippen LogP contribution in [-0.4, -0.2) is 29.3 Å². The summed E-state index contributed by atoms with van der Waals surface area (Å²) >= 11 is 0. The molecule has 0 unspecified atom stereocenters. The Labute approximate surface area is 169 Å². The quantitative estimate of drug-likeness (QED) is 0.693. The third kappa shape index (κ3) is 5.44. The van der Waals surface area contributed by atoms with Crippen molar-refractivity contribution in [2.75, 3.05) is 11.4 Å². The van der Waals surface area contributed by atoms with Gasteiger partial charge in [-0.05, 0) is 51.3 Å². The monoisotopic (exact) mass is 380 g/mol. The average molecular weight is 381 g/mol. The van der Waals surface area contributed by atoms with Crippen molar-refractivity contribution in [2.45, 2.75) is 60.5 Å². The van der Waals surface area contributed by atoms with Crippen LogP contribution in [0.5, 0.6) is 0 Å². The molecule has 0 N–H and O–H groups in total. The van der Waals surface area contributed by atoms with Gasteiger partial charge in [-0.1, -0.05) is 48.0 Å². The molecular formula is C24H32N2O2. The molecule has 2 aromatic carbocycles. The van der Waals surface area contributed by atoms with Crippen LogP contribution in [0, 0.1) is 20.8 Å². The summed E-state index contributed by atoms with van der Waals surface area (Å²) in [6, 6.07) is 14.3. The van der Waals surface area contributed by atoms with Gasteiger partial charge in [0, 0.05) is 38.2 Å². The molecule has 0 atom stereocenters. The first-order valence-electron chi connectivity index (χ1n) is 9.90. The van der Waals surface area contributed by atoms with Crippen LogP contribution >= 0.6 is 0 Å². The molecule has 2 rings (SSSR count). The van der Waals surface area contributed by atoms with Crippen LogP contribution < -0.4 is 4.90 Å². The molecule has 0 aromatic heterocycles. The number of aryl methyl sites for hydroxylation is 3. The zero-order valence-electron chi connectivity index (χ0n) is 18.0. The summed E-state index contributed by atoms with van der Waals surface area (Å²) in [5.74, 6) is 0.0227. The molecule has 28 heavy (non-hydrogen) atoms. The largest absolute Gasteiger partial charge is 0.336 e. The Hall–Kier alpha value is -2.62. The lowest BCUT2D eigenvalue weighted by atomic mass is 10.0. The number of hydrogen-bond acceptors (Lipinski definition) is 2. The van der Waals surface area contributed by atoms with Crippen LogP contribution in [0.15, 0.2) is 42.5 Å². The standard InChI is InChI=1S/C24H32N2O2/c1-17(2)26(16-22-10-8-7-9-11-22)23(28)12-13-25(21(6)27)24-19(4)14-18(3)15-20(24)5/h7-11,14-15,17H,12-13,16H2,1-6H3. The van der Waals surface area contributed by atoms with E-state index in [4.69, 9.17) is 0 Å². The minimum atomic E-state index is -0.0398. The molecule has 4 heteroatoms. The molecule has 150 valence electrons. The normalized spacial score (nSPS) is 10.8. The highest BCUT2D eigenvalue weighted by Crippen LogP contribution is 2.27. The Bertz CT molecular complexity index is 805. The topological polar surface area (TPSA) is 40.6 Å². The molecule has 0 fully saturated rings. The van der Waals surface area contributed by atoms with Gasteiger partial charge in [0.25, 0.3) is 0 Å². The number of nitrogens with zero attached hydrogens (tertiary/aromatic N) is 2. The van der Waals surface area contributed by atoms with Crippen LogP contribution in [0.4, 0.5) is 5.69 Å². The zero-order chi connectivity index (χ0) is 20.8. The van der Waals surface area contributed by atoms with Gasteiger partial charge in [-0.3, -0.25) is 9.59 Å². The molecule has 0 aliphatic heterocycles. The number of carbonyl (C=O) groups excluding carboxylic acids is 2. The lowest BCUT2D eigenvalue weighted by Crippen LogP contribution is -2.39. The van der Waals surface area contributed by atoms with Crippen LogP contribution in [0.25, 0.3) is 0 Å². The molecule has 0 spiro atoms. The van der Waals surface area contributed by atoms with E-state index in [0.717, 1.165) is 22.4 Å². The molecule has 0 aliphatic rings. The molecule has 2 amide bonds. The minimum absolute atomic E-state index is 0.0398. The van der Waals surface area contributed by atoms with Gasteiger partial charge in [0.1, 0.15) is 0 Å². The first-order valence-corrected chi connectivity index (χ1v) is 9.90. The van der Waals surface area contributed by atoms with Gasteiger partial charge >= 0.3 is 0 Å². The van der Waals surface area contributed by atoms with Crippen molar-refractivity contribution in [1.82, 2.24) is 4.90 Å². The van der Waals surface area contributed by atoms with Gasteiger partial charge in [-0.2, -0.15) is 0 Å². The van der Waals surface area contributed by atoms with Crippen LogP contribution in [0.2, 0.25) is 0 Å². The van der Waals surface area contributed by atoms with E-state index >= 15 is 0 Å². The van der Waals surface area contributed by atoms with E-state index in [1.807, 2.05) is 62.9 Å². The first kappa shape index (κ1) is 21.7. The minimum Gasteiger partial charge on any atom is -0.336 e. The zero-order valence-corrected chi connectivity index (χ0v) is 18.0. The van der Waals surface area contributed by atoms with E-state index in [2.05, 4.69) is 19.1 Å². The molecule has 4 nitrogen and oxygen atoms in total. The molecule has 0 bridgehead atoms. The predicted octanol–water partition coefficient (Wildman–Crippen LogP) is 4.79. The highest BCUT2D eigenvalue weighted by atomic mass is 16.2. The molecule has 0 radical (unpaired) electrons. The van der Waals surface area contributed by atoms with Crippen molar-refractivity contribution in [1.29, 1.82) is 0 Å². The van der Waals surface area contributed by atoms with Gasteiger partial charge in [0.05, 0.1) is 0 Å². The summed E-state index contributed by atoms with van der Waals surface area (Å²) in [5.41, 5.74) is 5.32. The fourth-order valence-corrected chi connectivity index (χ4v) is 3.71. The lowest BCUT2D eigenvalue weighted by Gasteiger charge is -2.29. The number of benzene rings is 2. The highest BCUT2D eigenvalue weighted by molar-refractivity contribution is 5.94. The van der Waals surface area contributed by atoms with Gasteiger partial charge < -0.3 is 9.80 Å². The first-order chi connectivity index (χ1) is 13.2. The summed E-state index contributed by atoms with van der Waals surface area (Å²) < 4.78 is 0. The number of hydrogen-bond donors (Lipinski definition) is 0. The summed E-state index contributed by atoms with van der Waals surface area (Å²) in [5, 5.41) is 0. The maximum atomic E-state index is 13.0. The Morgan fingerprint density at radius 1 is 0.964 bits per heavy atom. The summed E-state index contributed by atoms with van der Waals surface area (Å²) in [6.07, 6.45) is 0.303. The Kier molecular flexibility index (Phi) is 7.38. The second-order valence-corrected chi connectivity index (χ2v) is 7.77. The van der Waals surface area contributed by atoms with Crippen LogP contribution in [0.1, 0.15) is 49.4 Å². The van der Waals surface area contributed by atoms with Crippen LogP contribution in [0.3, 0.4) is 0 Å². The molecule has 0 aliphatic carbocycles. The Morgan fingerprint density at radius 3 is 2.04 bits per heavy atom. The van der Waals surface area contributed by atoms with Crippen molar-refractivity contribution in [2.24, 2.45) is 0 Å². The molecule has 0 heterocycles. The van der Waals surface area contributed by atoms with E-state index in [-0.39, 0.29) is 17.9 Å². The third-order valence-electron chi connectivity index (χ3n) is 4.97. The number of rotatable bonds is 7. The van der Waals surface area contributed by atoms with Crippen LogP contribution in [-0.2, 0) is 16.1 Å². The molecule has 2 aromatic rings. The Balaban J connectivity index is 2.16. The molecule has 0 saturated heterocycles. The van der Waals surface area contributed by atoms with Crippen molar-refractivity contribution in [3.05, 3.63) is 64.7 Å². The third-order valence-corrected chi connectivity index (χ3v) is 4.97. The maximum absolute atomic E-state index is 13.0. The van der Waals surface area contributed by atoms with Crippen molar-refractivity contribution in [3.8, 4) is 0 Å². The second kappa shape index (κ2) is 9.54. The fourth-order valence-electron chi connectivity index (χ4n) is 3.71. The fraction of sp³-hybridized carbons (Fsp3) is 0.417. The molecular weight excluding hydrogens is 348 g/mol. The average Bonchev–Trinajstić information content (AvgIpc) is 2.61. The van der Waals surface area contributed by atoms with E-state index in [9.17, 15) is 9.59 Å². The van der Waals surface area contributed by atoms with Crippen molar-refractivity contribution >= 4 is 17.5 Å². The van der Waals surface area contributed by atoms with E-state index in [1.54, 1.807) is 11.8 Å². The number of amides is 2. The van der Waals surface area contributed by atoms with Gasteiger partial charge in [-0.25, -0.2) is 0 Å². The van der Waals surface area contributed by atoms with Gasteiger partial charge in [0.15, 0.2) is 0 Å².